The van der Waals surface area contributed by atoms with Gasteiger partial charge >= 0.3 is 6.18 Å². The van der Waals surface area contributed by atoms with Crippen LogP contribution in [0.15, 0.2) is 11.6 Å². The van der Waals surface area contributed by atoms with Crippen LogP contribution in [0.5, 0.6) is 0 Å². The van der Waals surface area contributed by atoms with Crippen LogP contribution in [0.1, 0.15) is 20.3 Å². The first kappa shape index (κ1) is 10.5. The number of nitrogens with two attached hydrogens (primary N) is 1. The van der Waals surface area contributed by atoms with E-state index >= 15 is 0 Å². The Balaban J connectivity index is 4.44. The molecule has 0 aromatic carbocycles. The SMILES string of the molecule is C/C=C(\C(N)CC)C(F)(F)F. The van der Waals surface area contributed by atoms with Crippen molar-refractivity contribution < 1.29 is 13.2 Å². The highest BCUT2D eigenvalue weighted by atomic mass is 19.4. The highest BCUT2D eigenvalue weighted by molar-refractivity contribution is 5.14. The number of rotatable bonds is 2. The monoisotopic (exact) mass is 167 g/mol. The van der Waals surface area contributed by atoms with Gasteiger partial charge in [0.2, 0.25) is 0 Å². The van der Waals surface area contributed by atoms with Gasteiger partial charge in [0.25, 0.3) is 0 Å². The molecule has 2 N–H and O–H groups in total. The topological polar surface area (TPSA) is 26.0 Å². The molecule has 11 heavy (non-hydrogen) atoms. The minimum absolute atomic E-state index is 0.305. The molecule has 0 amide bonds. The Hall–Kier alpha value is -0.510. The number of halogens is 3. The van der Waals surface area contributed by atoms with E-state index in [9.17, 15) is 13.2 Å². The van der Waals surface area contributed by atoms with Crippen LogP contribution in [-0.4, -0.2) is 12.2 Å². The molecule has 0 aromatic rings. The van der Waals surface area contributed by atoms with Gasteiger partial charge in [-0.1, -0.05) is 13.0 Å². The summed E-state index contributed by atoms with van der Waals surface area (Å²) < 4.78 is 36.0. The normalized spacial score (nSPS) is 16.7. The van der Waals surface area contributed by atoms with Crippen LogP contribution in [0.3, 0.4) is 0 Å². The molecular formula is C7H12F3N. The summed E-state index contributed by atoms with van der Waals surface area (Å²) in [7, 11) is 0. The Morgan fingerprint density at radius 3 is 2.09 bits per heavy atom. The van der Waals surface area contributed by atoms with Crippen molar-refractivity contribution in [3.05, 3.63) is 11.6 Å². The van der Waals surface area contributed by atoms with Crippen molar-refractivity contribution in [2.24, 2.45) is 5.73 Å². The van der Waals surface area contributed by atoms with Crippen molar-refractivity contribution in [2.45, 2.75) is 32.5 Å². The summed E-state index contributed by atoms with van der Waals surface area (Å²) in [6, 6.07) is -0.889. The maximum absolute atomic E-state index is 12.0. The lowest BCUT2D eigenvalue weighted by Gasteiger charge is -2.16. The lowest BCUT2D eigenvalue weighted by atomic mass is 10.1. The van der Waals surface area contributed by atoms with E-state index in [1.54, 1.807) is 6.92 Å². The zero-order valence-corrected chi connectivity index (χ0v) is 6.57. The standard InChI is InChI=1S/C7H12F3N/c1-3-5(6(11)4-2)7(8,9)10/h3,6H,4,11H2,1-2H3/b5-3+. The third-order valence-electron chi connectivity index (χ3n) is 1.48. The molecule has 4 heteroatoms. The van der Waals surface area contributed by atoms with E-state index in [0.29, 0.717) is 6.42 Å². The van der Waals surface area contributed by atoms with Gasteiger partial charge in [0, 0.05) is 11.6 Å². The van der Waals surface area contributed by atoms with E-state index in [1.165, 1.54) is 6.92 Å². The van der Waals surface area contributed by atoms with E-state index in [-0.39, 0.29) is 0 Å². The van der Waals surface area contributed by atoms with Crippen LogP contribution in [-0.2, 0) is 0 Å². The van der Waals surface area contributed by atoms with Crippen molar-refractivity contribution in [2.75, 3.05) is 0 Å². The third kappa shape index (κ3) is 2.93. The third-order valence-corrected chi connectivity index (χ3v) is 1.48. The smallest absolute Gasteiger partial charge is 0.324 e. The molecule has 0 aromatic heterocycles. The molecule has 0 fully saturated rings. The van der Waals surface area contributed by atoms with E-state index in [1.807, 2.05) is 0 Å². The summed E-state index contributed by atoms with van der Waals surface area (Å²) in [6.07, 6.45) is -2.95. The predicted molar refractivity (Wildman–Crippen MR) is 38.1 cm³/mol. The fourth-order valence-electron chi connectivity index (χ4n) is 0.808. The molecule has 1 nitrogen and oxygen atoms in total. The Morgan fingerprint density at radius 2 is 2.00 bits per heavy atom. The zero-order valence-electron chi connectivity index (χ0n) is 6.57. The highest BCUT2D eigenvalue weighted by Gasteiger charge is 2.35. The van der Waals surface area contributed by atoms with Crippen LogP contribution in [0, 0.1) is 0 Å². The largest absolute Gasteiger partial charge is 0.413 e. The van der Waals surface area contributed by atoms with Gasteiger partial charge in [-0.3, -0.25) is 0 Å². The number of hydrogen-bond acceptors (Lipinski definition) is 1. The van der Waals surface area contributed by atoms with Crippen molar-refractivity contribution in [1.82, 2.24) is 0 Å². The molecule has 0 radical (unpaired) electrons. The maximum Gasteiger partial charge on any atom is 0.413 e. The Morgan fingerprint density at radius 1 is 1.55 bits per heavy atom. The molecular weight excluding hydrogens is 155 g/mol. The molecule has 0 saturated heterocycles. The second-order valence-corrected chi connectivity index (χ2v) is 2.26. The Labute approximate surface area is 64.1 Å². The highest BCUT2D eigenvalue weighted by Crippen LogP contribution is 2.27. The second-order valence-electron chi connectivity index (χ2n) is 2.26. The van der Waals surface area contributed by atoms with Gasteiger partial charge in [-0.05, 0) is 13.3 Å². The maximum atomic E-state index is 12.0. The van der Waals surface area contributed by atoms with Gasteiger partial charge in [0.15, 0.2) is 0 Å². The first-order valence-corrected chi connectivity index (χ1v) is 3.42. The quantitative estimate of drug-likeness (QED) is 0.627. The van der Waals surface area contributed by atoms with Gasteiger partial charge in [-0.25, -0.2) is 0 Å². The van der Waals surface area contributed by atoms with E-state index in [4.69, 9.17) is 5.73 Å². The number of hydrogen-bond donors (Lipinski definition) is 1. The first-order chi connectivity index (χ1) is 4.93. The van der Waals surface area contributed by atoms with Crippen LogP contribution in [0.25, 0.3) is 0 Å². The molecule has 0 aliphatic heterocycles. The van der Waals surface area contributed by atoms with E-state index in [2.05, 4.69) is 0 Å². The van der Waals surface area contributed by atoms with Crippen LogP contribution < -0.4 is 5.73 Å². The molecule has 0 rings (SSSR count). The van der Waals surface area contributed by atoms with Gasteiger partial charge in [-0.15, -0.1) is 0 Å². The molecule has 0 bridgehead atoms. The lowest BCUT2D eigenvalue weighted by molar-refractivity contribution is -0.0957. The van der Waals surface area contributed by atoms with Gasteiger partial charge in [0.05, 0.1) is 0 Å². The minimum atomic E-state index is -4.27. The predicted octanol–water partition coefficient (Wildman–Crippen LogP) is 2.23. The van der Waals surface area contributed by atoms with Crippen molar-refractivity contribution >= 4 is 0 Å². The molecule has 1 atom stereocenters. The molecule has 66 valence electrons. The fourth-order valence-corrected chi connectivity index (χ4v) is 0.808. The molecule has 0 saturated carbocycles. The van der Waals surface area contributed by atoms with Crippen molar-refractivity contribution in [1.29, 1.82) is 0 Å². The average Bonchev–Trinajstić information content (AvgIpc) is 1.86. The Kier molecular flexibility index (Phi) is 3.58. The molecule has 1 unspecified atom stereocenters. The molecule has 0 heterocycles. The summed E-state index contributed by atoms with van der Waals surface area (Å²) in [6.45, 7) is 2.97. The van der Waals surface area contributed by atoms with E-state index < -0.39 is 17.8 Å². The van der Waals surface area contributed by atoms with Crippen LogP contribution in [0.2, 0.25) is 0 Å². The van der Waals surface area contributed by atoms with Gasteiger partial charge in [0.1, 0.15) is 0 Å². The summed E-state index contributed by atoms with van der Waals surface area (Å²) in [5.41, 5.74) is 4.59. The van der Waals surface area contributed by atoms with E-state index in [0.717, 1.165) is 6.08 Å². The van der Waals surface area contributed by atoms with Crippen molar-refractivity contribution in [3.63, 3.8) is 0 Å². The summed E-state index contributed by atoms with van der Waals surface area (Å²) in [5.74, 6) is 0. The zero-order chi connectivity index (χ0) is 9.07. The number of alkyl halides is 3. The second kappa shape index (κ2) is 3.76. The van der Waals surface area contributed by atoms with Crippen molar-refractivity contribution in [3.8, 4) is 0 Å². The summed E-state index contributed by atoms with van der Waals surface area (Å²) in [5, 5.41) is 0. The first-order valence-electron chi connectivity index (χ1n) is 3.42. The summed E-state index contributed by atoms with van der Waals surface area (Å²) in [4.78, 5) is 0. The molecule has 0 aliphatic rings. The van der Waals surface area contributed by atoms with Crippen LogP contribution >= 0.6 is 0 Å². The van der Waals surface area contributed by atoms with Crippen LogP contribution in [0.4, 0.5) is 13.2 Å². The van der Waals surface area contributed by atoms with Gasteiger partial charge < -0.3 is 5.73 Å². The molecule has 0 spiro atoms. The number of allylic oxidation sites excluding steroid dienone is 1. The Bertz CT molecular complexity index is 148. The fraction of sp³-hybridized carbons (Fsp3) is 0.714. The summed E-state index contributed by atoms with van der Waals surface area (Å²) >= 11 is 0. The molecule has 0 aliphatic carbocycles. The minimum Gasteiger partial charge on any atom is -0.324 e. The van der Waals surface area contributed by atoms with Gasteiger partial charge in [-0.2, -0.15) is 13.2 Å². The average molecular weight is 167 g/mol. The lowest BCUT2D eigenvalue weighted by Crippen LogP contribution is -2.30.